The number of pyridine rings is 1. The van der Waals surface area contributed by atoms with Gasteiger partial charge in [0, 0.05) is 11.3 Å². The minimum Gasteiger partial charge on any atom is -0.444 e. The molecule has 0 saturated carbocycles. The minimum absolute atomic E-state index is 0.203. The van der Waals surface area contributed by atoms with Gasteiger partial charge in [0.2, 0.25) is 5.89 Å². The first-order chi connectivity index (χ1) is 9.45. The van der Waals surface area contributed by atoms with Crippen molar-refractivity contribution in [2.45, 2.75) is 33.2 Å². The molecule has 5 nitrogen and oxygen atoms in total. The molecule has 1 amide bonds. The molecule has 0 bridgehead atoms. The summed E-state index contributed by atoms with van der Waals surface area (Å²) < 4.78 is 5.29. The van der Waals surface area contributed by atoms with Gasteiger partial charge in [0.1, 0.15) is 10.9 Å². The second-order valence-corrected chi connectivity index (χ2v) is 5.19. The molecule has 6 heteroatoms. The van der Waals surface area contributed by atoms with Gasteiger partial charge in [0.25, 0.3) is 5.91 Å². The molecule has 0 fully saturated rings. The average molecular weight is 294 g/mol. The van der Waals surface area contributed by atoms with E-state index in [1.165, 1.54) is 0 Å². The van der Waals surface area contributed by atoms with E-state index in [9.17, 15) is 4.79 Å². The average Bonchev–Trinajstić information content (AvgIpc) is 2.81. The smallest absolute Gasteiger partial charge is 0.251 e. The van der Waals surface area contributed by atoms with Gasteiger partial charge in [0.15, 0.2) is 0 Å². The Labute approximate surface area is 122 Å². The van der Waals surface area contributed by atoms with Crippen molar-refractivity contribution in [2.24, 2.45) is 0 Å². The third kappa shape index (κ3) is 3.57. The fourth-order valence-corrected chi connectivity index (χ4v) is 1.90. The van der Waals surface area contributed by atoms with Gasteiger partial charge < -0.3 is 9.73 Å². The lowest BCUT2D eigenvalue weighted by molar-refractivity contribution is 0.0947. The predicted octanol–water partition coefficient (Wildman–Crippen LogP) is 3.08. The van der Waals surface area contributed by atoms with E-state index in [4.69, 9.17) is 16.0 Å². The van der Waals surface area contributed by atoms with E-state index in [0.717, 1.165) is 5.69 Å². The van der Waals surface area contributed by atoms with Crippen molar-refractivity contribution in [3.05, 3.63) is 46.4 Å². The first-order valence-corrected chi connectivity index (χ1v) is 6.70. The van der Waals surface area contributed by atoms with Gasteiger partial charge in [-0.05, 0) is 25.0 Å². The van der Waals surface area contributed by atoms with Crippen LogP contribution >= 0.6 is 11.6 Å². The molecule has 0 aromatic carbocycles. The number of halogens is 1. The molecule has 2 heterocycles. The largest absolute Gasteiger partial charge is 0.444 e. The van der Waals surface area contributed by atoms with Crippen molar-refractivity contribution in [2.75, 3.05) is 0 Å². The summed E-state index contributed by atoms with van der Waals surface area (Å²) in [6.45, 7) is 6.03. The summed E-state index contributed by atoms with van der Waals surface area (Å²) in [5, 5.41) is 3.05. The third-order valence-corrected chi connectivity index (χ3v) is 2.93. The summed E-state index contributed by atoms with van der Waals surface area (Å²) >= 11 is 5.94. The van der Waals surface area contributed by atoms with E-state index >= 15 is 0 Å². The number of oxazole rings is 1. The lowest BCUT2D eigenvalue weighted by Crippen LogP contribution is -2.23. The van der Waals surface area contributed by atoms with Crippen LogP contribution in [0.4, 0.5) is 0 Å². The molecule has 0 aliphatic rings. The van der Waals surface area contributed by atoms with E-state index in [2.05, 4.69) is 15.3 Å². The van der Waals surface area contributed by atoms with Crippen LogP contribution in [0.5, 0.6) is 0 Å². The van der Waals surface area contributed by atoms with E-state index in [1.54, 1.807) is 25.3 Å². The zero-order chi connectivity index (χ0) is 14.7. The lowest BCUT2D eigenvalue weighted by Gasteiger charge is -2.08. The third-order valence-electron chi connectivity index (χ3n) is 2.74. The number of hydrogen-bond donors (Lipinski definition) is 1. The molecule has 0 aliphatic heterocycles. The molecule has 0 radical (unpaired) electrons. The van der Waals surface area contributed by atoms with Gasteiger partial charge in [-0.15, -0.1) is 0 Å². The Morgan fingerprint density at radius 3 is 2.80 bits per heavy atom. The van der Waals surface area contributed by atoms with Gasteiger partial charge in [-0.1, -0.05) is 25.4 Å². The second kappa shape index (κ2) is 6.05. The van der Waals surface area contributed by atoms with Crippen LogP contribution in [-0.4, -0.2) is 15.9 Å². The Morgan fingerprint density at radius 1 is 1.45 bits per heavy atom. The summed E-state index contributed by atoms with van der Waals surface area (Å²) in [7, 11) is 0. The topological polar surface area (TPSA) is 68.0 Å². The number of aromatic nitrogens is 2. The molecule has 0 spiro atoms. The first kappa shape index (κ1) is 14.5. The Morgan fingerprint density at radius 2 is 2.20 bits per heavy atom. The van der Waals surface area contributed by atoms with Crippen LogP contribution in [0.3, 0.4) is 0 Å². The second-order valence-electron chi connectivity index (χ2n) is 4.81. The monoisotopic (exact) mass is 293 g/mol. The van der Waals surface area contributed by atoms with Crippen molar-refractivity contribution in [3.8, 4) is 0 Å². The molecular formula is C14H16ClN3O2. The van der Waals surface area contributed by atoms with Crippen LogP contribution in [-0.2, 0) is 6.54 Å². The van der Waals surface area contributed by atoms with Crippen molar-refractivity contribution >= 4 is 17.5 Å². The Balaban J connectivity index is 2.09. The fourth-order valence-electron chi connectivity index (χ4n) is 1.69. The normalized spacial score (nSPS) is 10.8. The molecule has 0 unspecified atom stereocenters. The standard InChI is InChI=1S/C14H16ClN3O2/c1-8(2)11-4-10(5-12(15)18-11)14(19)17-7-13-16-6-9(3)20-13/h4-6,8H,7H2,1-3H3,(H,17,19). The number of amides is 1. The number of carbonyl (C=O) groups is 1. The van der Waals surface area contributed by atoms with E-state index < -0.39 is 0 Å². The zero-order valence-electron chi connectivity index (χ0n) is 11.6. The minimum atomic E-state index is -0.230. The van der Waals surface area contributed by atoms with Gasteiger partial charge in [-0.25, -0.2) is 9.97 Å². The van der Waals surface area contributed by atoms with Crippen molar-refractivity contribution in [1.82, 2.24) is 15.3 Å². The molecule has 2 aromatic rings. The van der Waals surface area contributed by atoms with Gasteiger partial charge in [-0.2, -0.15) is 0 Å². The fraction of sp³-hybridized carbons (Fsp3) is 0.357. The summed E-state index contributed by atoms with van der Waals surface area (Å²) in [6.07, 6.45) is 1.61. The maximum absolute atomic E-state index is 12.1. The Hall–Kier alpha value is -1.88. The molecule has 106 valence electrons. The van der Waals surface area contributed by atoms with Gasteiger partial charge >= 0.3 is 0 Å². The van der Waals surface area contributed by atoms with Crippen molar-refractivity contribution in [1.29, 1.82) is 0 Å². The highest BCUT2D eigenvalue weighted by atomic mass is 35.5. The number of aryl methyl sites for hydroxylation is 1. The maximum atomic E-state index is 12.1. The molecule has 2 aromatic heterocycles. The van der Waals surface area contributed by atoms with Crippen molar-refractivity contribution in [3.63, 3.8) is 0 Å². The number of hydrogen-bond acceptors (Lipinski definition) is 4. The van der Waals surface area contributed by atoms with E-state index in [0.29, 0.717) is 22.4 Å². The number of nitrogens with zero attached hydrogens (tertiary/aromatic N) is 2. The van der Waals surface area contributed by atoms with Gasteiger partial charge in [0.05, 0.1) is 12.7 Å². The van der Waals surface area contributed by atoms with E-state index in [1.807, 2.05) is 13.8 Å². The SMILES string of the molecule is Cc1cnc(CNC(=O)c2cc(Cl)nc(C(C)C)c2)o1. The number of nitrogens with one attached hydrogen (secondary N) is 1. The summed E-state index contributed by atoms with van der Waals surface area (Å²) in [5.41, 5.74) is 1.27. The number of rotatable bonds is 4. The van der Waals surface area contributed by atoms with Crippen LogP contribution in [0.15, 0.2) is 22.7 Å². The highest BCUT2D eigenvalue weighted by Gasteiger charge is 2.12. The molecule has 0 aliphatic carbocycles. The Bertz CT molecular complexity index is 623. The lowest BCUT2D eigenvalue weighted by atomic mass is 10.1. The predicted molar refractivity (Wildman–Crippen MR) is 75.7 cm³/mol. The maximum Gasteiger partial charge on any atom is 0.251 e. The highest BCUT2D eigenvalue weighted by molar-refractivity contribution is 6.29. The number of carbonyl (C=O) groups excluding carboxylic acids is 1. The summed E-state index contributed by atoms with van der Waals surface area (Å²) in [6, 6.07) is 3.29. The van der Waals surface area contributed by atoms with Gasteiger partial charge in [-0.3, -0.25) is 4.79 Å². The van der Waals surface area contributed by atoms with Crippen LogP contribution in [0.2, 0.25) is 5.15 Å². The molecule has 20 heavy (non-hydrogen) atoms. The highest BCUT2D eigenvalue weighted by Crippen LogP contribution is 2.17. The van der Waals surface area contributed by atoms with Crippen LogP contribution in [0.1, 0.15) is 47.5 Å². The molecule has 0 atom stereocenters. The molecular weight excluding hydrogens is 278 g/mol. The van der Waals surface area contributed by atoms with Crippen LogP contribution in [0.25, 0.3) is 0 Å². The molecule has 0 saturated heterocycles. The van der Waals surface area contributed by atoms with Crippen LogP contribution < -0.4 is 5.32 Å². The quantitative estimate of drug-likeness (QED) is 0.880. The zero-order valence-corrected chi connectivity index (χ0v) is 12.4. The van der Waals surface area contributed by atoms with E-state index in [-0.39, 0.29) is 18.4 Å². The summed E-state index contributed by atoms with van der Waals surface area (Å²) in [4.78, 5) is 20.3. The molecule has 2 rings (SSSR count). The molecule has 1 N–H and O–H groups in total. The first-order valence-electron chi connectivity index (χ1n) is 6.32. The van der Waals surface area contributed by atoms with Crippen molar-refractivity contribution < 1.29 is 9.21 Å². The summed E-state index contributed by atoms with van der Waals surface area (Å²) in [5.74, 6) is 1.16. The van der Waals surface area contributed by atoms with Crippen LogP contribution in [0, 0.1) is 6.92 Å². The Kier molecular flexibility index (Phi) is 4.39.